The van der Waals surface area contributed by atoms with Gasteiger partial charge in [-0.25, -0.2) is 4.98 Å². The van der Waals surface area contributed by atoms with Crippen molar-refractivity contribution in [3.8, 4) is 0 Å². The van der Waals surface area contributed by atoms with Gasteiger partial charge in [-0.3, -0.25) is 0 Å². The fourth-order valence-electron chi connectivity index (χ4n) is 3.58. The Morgan fingerprint density at radius 1 is 0.821 bits per heavy atom. The molecule has 0 bridgehead atoms. The molecule has 1 saturated heterocycles. The maximum atomic E-state index is 4.63. The summed E-state index contributed by atoms with van der Waals surface area (Å²) < 4.78 is 0. The van der Waals surface area contributed by atoms with Crippen LogP contribution in [0.15, 0.2) is 54.6 Å². The number of aromatic nitrogens is 2. The van der Waals surface area contributed by atoms with Gasteiger partial charge < -0.3 is 15.5 Å². The van der Waals surface area contributed by atoms with Crippen molar-refractivity contribution in [2.75, 3.05) is 28.6 Å². The topological polar surface area (TPSA) is 53.1 Å². The van der Waals surface area contributed by atoms with Crippen LogP contribution in [0, 0.1) is 13.8 Å². The van der Waals surface area contributed by atoms with Gasteiger partial charge in [0.1, 0.15) is 5.82 Å². The zero-order valence-electron chi connectivity index (χ0n) is 16.6. The molecule has 2 heterocycles. The summed E-state index contributed by atoms with van der Waals surface area (Å²) in [5.41, 5.74) is 5.43. The van der Waals surface area contributed by atoms with Crippen molar-refractivity contribution in [2.24, 2.45) is 0 Å². The second-order valence-corrected chi connectivity index (χ2v) is 7.38. The van der Waals surface area contributed by atoms with Crippen molar-refractivity contribution >= 4 is 28.8 Å². The second-order valence-electron chi connectivity index (χ2n) is 7.38. The molecule has 1 fully saturated rings. The highest BCUT2D eigenvalue weighted by Gasteiger charge is 2.11. The van der Waals surface area contributed by atoms with E-state index in [-0.39, 0.29) is 0 Å². The van der Waals surface area contributed by atoms with Gasteiger partial charge in [-0.05, 0) is 69.0 Å². The molecule has 2 N–H and O–H groups in total. The normalized spacial score (nSPS) is 14.0. The van der Waals surface area contributed by atoms with E-state index in [1.807, 2.05) is 25.1 Å². The van der Waals surface area contributed by atoms with E-state index in [2.05, 4.69) is 68.8 Å². The molecule has 1 aliphatic heterocycles. The number of nitrogens with zero attached hydrogens (tertiary/aromatic N) is 3. The average molecular weight is 374 g/mol. The lowest BCUT2D eigenvalue weighted by molar-refractivity contribution is 0.578. The predicted octanol–water partition coefficient (Wildman–Crippen LogP) is 5.57. The number of para-hydroxylation sites is 1. The Morgan fingerprint density at radius 3 is 2.32 bits per heavy atom. The third-order valence-electron chi connectivity index (χ3n) is 5.11. The summed E-state index contributed by atoms with van der Waals surface area (Å²) in [7, 11) is 0. The molecule has 2 aromatic carbocycles. The van der Waals surface area contributed by atoms with E-state index in [0.29, 0.717) is 5.95 Å². The van der Waals surface area contributed by atoms with Crippen LogP contribution in [0.3, 0.4) is 0 Å². The molecule has 0 saturated carbocycles. The Hall–Kier alpha value is -3.08. The molecule has 5 heteroatoms. The van der Waals surface area contributed by atoms with E-state index in [1.165, 1.54) is 30.5 Å². The number of hydrogen-bond donors (Lipinski definition) is 2. The zero-order valence-corrected chi connectivity index (χ0v) is 16.6. The third kappa shape index (κ3) is 4.42. The Kier molecular flexibility index (Phi) is 5.42. The number of rotatable bonds is 5. The van der Waals surface area contributed by atoms with Crippen LogP contribution in [0.2, 0.25) is 0 Å². The summed E-state index contributed by atoms with van der Waals surface area (Å²) in [4.78, 5) is 11.6. The maximum Gasteiger partial charge on any atom is 0.229 e. The van der Waals surface area contributed by atoms with E-state index >= 15 is 0 Å². The third-order valence-corrected chi connectivity index (χ3v) is 5.11. The predicted molar refractivity (Wildman–Crippen MR) is 117 cm³/mol. The summed E-state index contributed by atoms with van der Waals surface area (Å²) >= 11 is 0. The Balaban J connectivity index is 1.48. The quantitative estimate of drug-likeness (QED) is 0.612. The molecule has 0 aliphatic carbocycles. The van der Waals surface area contributed by atoms with Crippen LogP contribution < -0.4 is 15.5 Å². The van der Waals surface area contributed by atoms with Gasteiger partial charge in [-0.1, -0.05) is 18.2 Å². The molecule has 1 aromatic heterocycles. The van der Waals surface area contributed by atoms with Gasteiger partial charge in [-0.15, -0.1) is 0 Å². The van der Waals surface area contributed by atoms with Crippen LogP contribution in [0.1, 0.15) is 30.5 Å². The van der Waals surface area contributed by atoms with Gasteiger partial charge in [0.05, 0.1) is 0 Å². The molecule has 3 aromatic rings. The van der Waals surface area contributed by atoms with E-state index in [1.54, 1.807) is 0 Å². The highest BCUT2D eigenvalue weighted by atomic mass is 15.2. The molecule has 4 rings (SSSR count). The summed E-state index contributed by atoms with van der Waals surface area (Å²) in [6.07, 6.45) is 3.92. The first-order chi connectivity index (χ1) is 13.7. The summed E-state index contributed by atoms with van der Waals surface area (Å²) in [6.45, 7) is 6.37. The number of hydrogen-bond acceptors (Lipinski definition) is 5. The number of piperidine rings is 1. The van der Waals surface area contributed by atoms with E-state index in [0.717, 1.165) is 36.0 Å². The molecular formula is C23H27N5. The van der Waals surface area contributed by atoms with Crippen molar-refractivity contribution < 1.29 is 0 Å². The monoisotopic (exact) mass is 373 g/mol. The minimum atomic E-state index is 0.599. The van der Waals surface area contributed by atoms with Gasteiger partial charge in [0.2, 0.25) is 5.95 Å². The minimum absolute atomic E-state index is 0.599. The zero-order chi connectivity index (χ0) is 19.3. The number of benzene rings is 2. The van der Waals surface area contributed by atoms with Crippen molar-refractivity contribution in [2.45, 2.75) is 33.1 Å². The Morgan fingerprint density at radius 2 is 1.57 bits per heavy atom. The number of anilines is 5. The molecule has 0 spiro atoms. The molecule has 1 aliphatic rings. The molecule has 144 valence electrons. The molecule has 28 heavy (non-hydrogen) atoms. The Bertz CT molecular complexity index is 930. The van der Waals surface area contributed by atoms with Crippen LogP contribution in [-0.4, -0.2) is 23.1 Å². The first-order valence-electron chi connectivity index (χ1n) is 9.98. The van der Waals surface area contributed by atoms with Crippen molar-refractivity contribution in [1.82, 2.24) is 9.97 Å². The number of nitrogens with one attached hydrogen (secondary N) is 2. The minimum Gasteiger partial charge on any atom is -0.372 e. The molecular weight excluding hydrogens is 346 g/mol. The van der Waals surface area contributed by atoms with E-state index < -0.39 is 0 Å². The molecule has 0 unspecified atom stereocenters. The summed E-state index contributed by atoms with van der Waals surface area (Å²) in [5, 5.41) is 6.73. The Labute approximate surface area is 166 Å². The SMILES string of the molecule is Cc1cc(Nc2ccccc2C)nc(Nc2ccc(N3CCCCC3)cc2)n1. The number of aryl methyl sites for hydroxylation is 2. The standard InChI is InChI=1S/C23H27N5/c1-17-8-4-5-9-21(17)26-22-16-18(2)24-23(27-22)25-19-10-12-20(13-11-19)28-14-6-3-7-15-28/h4-5,8-13,16H,3,6-7,14-15H2,1-2H3,(H2,24,25,26,27). The maximum absolute atomic E-state index is 4.63. The van der Waals surface area contributed by atoms with Gasteiger partial charge in [0, 0.05) is 41.9 Å². The van der Waals surface area contributed by atoms with Crippen LogP contribution in [0.25, 0.3) is 0 Å². The van der Waals surface area contributed by atoms with Gasteiger partial charge in [0.25, 0.3) is 0 Å². The summed E-state index contributed by atoms with van der Waals surface area (Å²) in [6, 6.07) is 18.7. The van der Waals surface area contributed by atoms with Gasteiger partial charge in [0.15, 0.2) is 0 Å². The first kappa shape index (κ1) is 18.3. The van der Waals surface area contributed by atoms with Crippen LogP contribution in [0.4, 0.5) is 28.8 Å². The lowest BCUT2D eigenvalue weighted by Crippen LogP contribution is -2.29. The fourth-order valence-corrected chi connectivity index (χ4v) is 3.58. The van der Waals surface area contributed by atoms with Crippen LogP contribution >= 0.6 is 0 Å². The van der Waals surface area contributed by atoms with Crippen LogP contribution in [-0.2, 0) is 0 Å². The van der Waals surface area contributed by atoms with Gasteiger partial charge in [-0.2, -0.15) is 4.98 Å². The smallest absolute Gasteiger partial charge is 0.229 e. The average Bonchev–Trinajstić information content (AvgIpc) is 2.71. The van der Waals surface area contributed by atoms with Crippen molar-refractivity contribution in [3.63, 3.8) is 0 Å². The van der Waals surface area contributed by atoms with Gasteiger partial charge >= 0.3 is 0 Å². The first-order valence-corrected chi connectivity index (χ1v) is 9.98. The second kappa shape index (κ2) is 8.30. The van der Waals surface area contributed by atoms with Crippen molar-refractivity contribution in [3.05, 3.63) is 65.9 Å². The summed E-state index contributed by atoms with van der Waals surface area (Å²) in [5.74, 6) is 1.39. The van der Waals surface area contributed by atoms with E-state index in [4.69, 9.17) is 0 Å². The van der Waals surface area contributed by atoms with Crippen molar-refractivity contribution in [1.29, 1.82) is 0 Å². The highest BCUT2D eigenvalue weighted by Crippen LogP contribution is 2.24. The van der Waals surface area contributed by atoms with Crippen LogP contribution in [0.5, 0.6) is 0 Å². The molecule has 5 nitrogen and oxygen atoms in total. The van der Waals surface area contributed by atoms with E-state index in [9.17, 15) is 0 Å². The molecule has 0 atom stereocenters. The lowest BCUT2D eigenvalue weighted by atomic mass is 10.1. The fraction of sp³-hybridized carbons (Fsp3) is 0.304. The molecule has 0 amide bonds. The lowest BCUT2D eigenvalue weighted by Gasteiger charge is -2.28. The largest absolute Gasteiger partial charge is 0.372 e. The molecule has 0 radical (unpaired) electrons. The highest BCUT2D eigenvalue weighted by molar-refractivity contribution is 5.63.